The molecule has 2 aromatic carbocycles. The molecule has 0 unspecified atom stereocenters. The van der Waals surface area contributed by atoms with Gasteiger partial charge in [-0.3, -0.25) is 0 Å². The maximum Gasteiger partial charge on any atom is 0.127 e. The lowest BCUT2D eigenvalue weighted by molar-refractivity contribution is 0.224. The number of aliphatic hydroxyl groups is 1. The highest BCUT2D eigenvalue weighted by Gasteiger charge is 2.13. The van der Waals surface area contributed by atoms with Crippen LogP contribution >= 0.6 is 11.5 Å². The molecule has 21 heavy (non-hydrogen) atoms. The number of benzene rings is 2. The first-order valence-electron chi connectivity index (χ1n) is 6.66. The van der Waals surface area contributed by atoms with Crippen molar-refractivity contribution < 1.29 is 9.84 Å². The fraction of sp³-hybridized carbons (Fsp3) is 0.118. The van der Waals surface area contributed by atoms with E-state index in [1.807, 2.05) is 67.6 Å². The Kier molecular flexibility index (Phi) is 3.99. The molecule has 0 spiro atoms. The summed E-state index contributed by atoms with van der Waals surface area (Å²) in [5.41, 5.74) is 1.76. The summed E-state index contributed by atoms with van der Waals surface area (Å²) < 4.78 is 9.93. The van der Waals surface area contributed by atoms with E-state index in [0.717, 1.165) is 27.6 Å². The lowest BCUT2D eigenvalue weighted by atomic mass is 10.1. The summed E-state index contributed by atoms with van der Waals surface area (Å²) in [6.07, 6.45) is -0.637. The van der Waals surface area contributed by atoms with Crippen molar-refractivity contribution in [1.29, 1.82) is 0 Å². The van der Waals surface area contributed by atoms with E-state index in [9.17, 15) is 5.11 Å². The van der Waals surface area contributed by atoms with E-state index in [1.54, 1.807) is 0 Å². The number of nitrogens with zero attached hydrogens (tertiary/aromatic N) is 1. The van der Waals surface area contributed by atoms with Crippen LogP contribution in [-0.2, 0) is 0 Å². The van der Waals surface area contributed by atoms with Crippen LogP contribution in [0.2, 0.25) is 0 Å². The molecule has 0 saturated carbocycles. The normalized spacial score (nSPS) is 12.1. The third-order valence-corrected chi connectivity index (χ3v) is 4.02. The predicted molar refractivity (Wildman–Crippen MR) is 83.9 cm³/mol. The SMILES string of the molecule is Cc1cc([C@@H](O)c2ccc(Oc3ccccc3)cc2)sn1. The van der Waals surface area contributed by atoms with Crippen LogP contribution in [0.15, 0.2) is 60.7 Å². The van der Waals surface area contributed by atoms with E-state index >= 15 is 0 Å². The Labute approximate surface area is 127 Å². The maximum atomic E-state index is 10.3. The van der Waals surface area contributed by atoms with Gasteiger partial charge in [-0.1, -0.05) is 30.3 Å². The third kappa shape index (κ3) is 3.29. The summed E-state index contributed by atoms with van der Waals surface area (Å²) in [5, 5.41) is 10.3. The second-order valence-corrected chi connectivity index (χ2v) is 5.59. The highest BCUT2D eigenvalue weighted by atomic mass is 32.1. The van der Waals surface area contributed by atoms with Gasteiger partial charge in [0, 0.05) is 0 Å². The molecule has 106 valence electrons. The molecule has 0 aliphatic rings. The van der Waals surface area contributed by atoms with Crippen molar-refractivity contribution in [1.82, 2.24) is 4.37 Å². The van der Waals surface area contributed by atoms with Gasteiger partial charge in [0.2, 0.25) is 0 Å². The molecule has 1 N–H and O–H groups in total. The summed E-state index contributed by atoms with van der Waals surface area (Å²) >= 11 is 1.33. The molecule has 1 aromatic heterocycles. The molecule has 3 rings (SSSR count). The lowest BCUT2D eigenvalue weighted by Gasteiger charge is -2.10. The van der Waals surface area contributed by atoms with Crippen LogP contribution in [0, 0.1) is 6.92 Å². The first-order valence-corrected chi connectivity index (χ1v) is 7.44. The van der Waals surface area contributed by atoms with E-state index in [1.165, 1.54) is 11.5 Å². The van der Waals surface area contributed by atoms with Gasteiger partial charge < -0.3 is 9.84 Å². The Bertz CT molecular complexity index is 707. The van der Waals surface area contributed by atoms with Crippen molar-refractivity contribution in [3.05, 3.63) is 76.8 Å². The van der Waals surface area contributed by atoms with E-state index in [0.29, 0.717) is 0 Å². The zero-order valence-corrected chi connectivity index (χ0v) is 12.4. The minimum atomic E-state index is -0.637. The standard InChI is InChI=1S/C17H15NO2S/c1-12-11-16(21-18-12)17(19)13-7-9-15(10-8-13)20-14-5-3-2-4-6-14/h2-11,17,19H,1H3/t17-/m0/s1. The van der Waals surface area contributed by atoms with Gasteiger partial charge in [0.15, 0.2) is 0 Å². The third-order valence-electron chi connectivity index (χ3n) is 3.09. The minimum absolute atomic E-state index is 0.637. The molecule has 0 aliphatic carbocycles. The Morgan fingerprint density at radius 3 is 2.29 bits per heavy atom. The van der Waals surface area contributed by atoms with E-state index in [-0.39, 0.29) is 0 Å². The summed E-state index contributed by atoms with van der Waals surface area (Å²) in [6, 6.07) is 19.0. The van der Waals surface area contributed by atoms with Gasteiger partial charge >= 0.3 is 0 Å². The lowest BCUT2D eigenvalue weighted by Crippen LogP contribution is -1.96. The molecule has 3 aromatic rings. The number of aliphatic hydroxyl groups excluding tert-OH is 1. The minimum Gasteiger partial charge on any atom is -0.457 e. The zero-order chi connectivity index (χ0) is 14.7. The van der Waals surface area contributed by atoms with Crippen molar-refractivity contribution in [3.63, 3.8) is 0 Å². The second kappa shape index (κ2) is 6.08. The number of para-hydroxylation sites is 1. The summed E-state index contributed by atoms with van der Waals surface area (Å²) in [6.45, 7) is 1.92. The number of rotatable bonds is 4. The van der Waals surface area contributed by atoms with Crippen LogP contribution < -0.4 is 4.74 Å². The molecule has 0 amide bonds. The first-order chi connectivity index (χ1) is 10.2. The van der Waals surface area contributed by atoms with Gasteiger partial charge in [-0.15, -0.1) is 0 Å². The van der Waals surface area contributed by atoms with Crippen molar-refractivity contribution in [2.24, 2.45) is 0 Å². The Balaban J connectivity index is 1.75. The molecular formula is C17H15NO2S. The van der Waals surface area contributed by atoms with Crippen LogP contribution in [0.5, 0.6) is 11.5 Å². The van der Waals surface area contributed by atoms with E-state index < -0.39 is 6.10 Å². The monoisotopic (exact) mass is 297 g/mol. The molecule has 1 heterocycles. The van der Waals surface area contributed by atoms with Gasteiger partial charge in [-0.05, 0) is 54.4 Å². The average Bonchev–Trinajstić information content (AvgIpc) is 2.95. The largest absolute Gasteiger partial charge is 0.457 e. The molecular weight excluding hydrogens is 282 g/mol. The van der Waals surface area contributed by atoms with Gasteiger partial charge in [0.05, 0.1) is 10.6 Å². The fourth-order valence-corrected chi connectivity index (χ4v) is 2.78. The number of hydrogen-bond acceptors (Lipinski definition) is 4. The van der Waals surface area contributed by atoms with Crippen molar-refractivity contribution in [3.8, 4) is 11.5 Å². The highest BCUT2D eigenvalue weighted by Crippen LogP contribution is 2.28. The summed E-state index contributed by atoms with van der Waals surface area (Å²) in [7, 11) is 0. The second-order valence-electron chi connectivity index (χ2n) is 4.76. The Hall–Kier alpha value is -2.17. The molecule has 0 fully saturated rings. The Morgan fingerprint density at radius 1 is 1.00 bits per heavy atom. The quantitative estimate of drug-likeness (QED) is 0.779. The van der Waals surface area contributed by atoms with Gasteiger partial charge in [-0.25, -0.2) is 0 Å². The van der Waals surface area contributed by atoms with Crippen LogP contribution in [0.1, 0.15) is 22.2 Å². The Morgan fingerprint density at radius 2 is 1.67 bits per heavy atom. The number of ether oxygens (including phenoxy) is 1. The van der Waals surface area contributed by atoms with Crippen molar-refractivity contribution in [2.45, 2.75) is 13.0 Å². The van der Waals surface area contributed by atoms with Crippen LogP contribution in [0.25, 0.3) is 0 Å². The molecule has 0 saturated heterocycles. The average molecular weight is 297 g/mol. The van der Waals surface area contributed by atoms with Crippen LogP contribution in [-0.4, -0.2) is 9.48 Å². The first kappa shape index (κ1) is 13.8. The predicted octanol–water partition coefficient (Wildman–Crippen LogP) is 4.33. The molecule has 4 heteroatoms. The maximum absolute atomic E-state index is 10.3. The number of aryl methyl sites for hydroxylation is 1. The summed E-state index contributed by atoms with van der Waals surface area (Å²) in [4.78, 5) is 0.851. The fourth-order valence-electron chi connectivity index (χ4n) is 2.02. The van der Waals surface area contributed by atoms with Crippen molar-refractivity contribution in [2.75, 3.05) is 0 Å². The van der Waals surface area contributed by atoms with Gasteiger partial charge in [-0.2, -0.15) is 4.37 Å². The van der Waals surface area contributed by atoms with E-state index in [4.69, 9.17) is 4.74 Å². The molecule has 0 bridgehead atoms. The zero-order valence-electron chi connectivity index (χ0n) is 11.6. The number of aromatic nitrogens is 1. The van der Waals surface area contributed by atoms with Crippen molar-refractivity contribution >= 4 is 11.5 Å². The smallest absolute Gasteiger partial charge is 0.127 e. The molecule has 3 nitrogen and oxygen atoms in total. The van der Waals surface area contributed by atoms with Gasteiger partial charge in [0.1, 0.15) is 17.6 Å². The highest BCUT2D eigenvalue weighted by molar-refractivity contribution is 7.05. The van der Waals surface area contributed by atoms with Crippen LogP contribution in [0.4, 0.5) is 0 Å². The molecule has 1 atom stereocenters. The van der Waals surface area contributed by atoms with Gasteiger partial charge in [0.25, 0.3) is 0 Å². The molecule has 0 aliphatic heterocycles. The number of hydrogen-bond donors (Lipinski definition) is 1. The molecule has 0 radical (unpaired) electrons. The topological polar surface area (TPSA) is 42.4 Å². The summed E-state index contributed by atoms with van der Waals surface area (Å²) in [5.74, 6) is 1.54. The van der Waals surface area contributed by atoms with Crippen LogP contribution in [0.3, 0.4) is 0 Å². The van der Waals surface area contributed by atoms with E-state index in [2.05, 4.69) is 4.37 Å².